The minimum absolute atomic E-state index is 0.215. The Hall–Kier alpha value is -2.96. The van der Waals surface area contributed by atoms with Gasteiger partial charge >= 0.3 is 0 Å². The first kappa shape index (κ1) is 17.8. The van der Waals surface area contributed by atoms with Crippen LogP contribution in [0.15, 0.2) is 35.1 Å². The van der Waals surface area contributed by atoms with Crippen LogP contribution in [0.25, 0.3) is 16.6 Å². The van der Waals surface area contributed by atoms with E-state index in [0.717, 1.165) is 17.8 Å². The normalized spacial score (nSPS) is 12.3. The molecule has 1 unspecified atom stereocenters. The van der Waals surface area contributed by atoms with E-state index in [0.29, 0.717) is 23.1 Å². The largest absolute Gasteiger partial charge is 0.354 e. The van der Waals surface area contributed by atoms with Gasteiger partial charge in [-0.3, -0.25) is 9.59 Å². The van der Waals surface area contributed by atoms with Gasteiger partial charge in [0.2, 0.25) is 5.91 Å². The summed E-state index contributed by atoms with van der Waals surface area (Å²) in [5.74, 6) is -0.215. The van der Waals surface area contributed by atoms with E-state index in [2.05, 4.69) is 15.5 Å². The van der Waals surface area contributed by atoms with Crippen molar-refractivity contribution in [3.05, 3.63) is 52.1 Å². The molecule has 0 radical (unpaired) electrons. The average molecular weight is 353 g/mol. The maximum atomic E-state index is 13.0. The summed E-state index contributed by atoms with van der Waals surface area (Å²) in [6, 6.07) is 8.95. The molecule has 2 aromatic heterocycles. The summed E-state index contributed by atoms with van der Waals surface area (Å²) in [5, 5.41) is 12.2. The van der Waals surface area contributed by atoms with Crippen molar-refractivity contribution in [1.82, 2.24) is 24.9 Å². The fourth-order valence-electron chi connectivity index (χ4n) is 2.97. The molecular formula is C19H23N5O2. The number of aromatic nitrogens is 4. The van der Waals surface area contributed by atoms with E-state index in [1.54, 1.807) is 18.5 Å². The second-order valence-corrected chi connectivity index (χ2v) is 6.36. The van der Waals surface area contributed by atoms with Gasteiger partial charge in [0.25, 0.3) is 5.56 Å². The standard InChI is InChI=1S/C19H23N5O2/c1-5-11-20-18(25)14(4)24-19(26)16-13(3)23(15-9-7-6-8-10-15)22-17(16)12(2)21-24/h6-10,14H,5,11H2,1-4H3,(H,20,25). The van der Waals surface area contributed by atoms with Crippen LogP contribution in [0.4, 0.5) is 0 Å². The van der Waals surface area contributed by atoms with Gasteiger partial charge in [-0.05, 0) is 39.3 Å². The molecule has 1 amide bonds. The zero-order valence-electron chi connectivity index (χ0n) is 15.5. The molecule has 136 valence electrons. The monoisotopic (exact) mass is 353 g/mol. The molecule has 0 bridgehead atoms. The van der Waals surface area contributed by atoms with Gasteiger partial charge in [-0.2, -0.15) is 10.2 Å². The fraction of sp³-hybridized carbons (Fsp3) is 0.368. The Labute approximate surface area is 151 Å². The van der Waals surface area contributed by atoms with Gasteiger partial charge in [0.1, 0.15) is 11.6 Å². The first-order chi connectivity index (χ1) is 12.5. The van der Waals surface area contributed by atoms with Crippen molar-refractivity contribution >= 4 is 16.8 Å². The minimum Gasteiger partial charge on any atom is -0.354 e. The first-order valence-corrected chi connectivity index (χ1v) is 8.77. The molecule has 2 heterocycles. The Bertz CT molecular complexity index is 1000. The minimum atomic E-state index is -0.684. The Morgan fingerprint density at radius 3 is 2.54 bits per heavy atom. The highest BCUT2D eigenvalue weighted by Gasteiger charge is 2.22. The average Bonchev–Trinajstić information content (AvgIpc) is 3.01. The molecule has 3 aromatic rings. The van der Waals surface area contributed by atoms with Gasteiger partial charge in [0.05, 0.1) is 22.5 Å². The van der Waals surface area contributed by atoms with Gasteiger partial charge in [-0.1, -0.05) is 25.1 Å². The number of carbonyl (C=O) groups is 1. The van der Waals surface area contributed by atoms with Gasteiger partial charge < -0.3 is 5.32 Å². The van der Waals surface area contributed by atoms with Crippen LogP contribution in [0.3, 0.4) is 0 Å². The number of nitrogens with one attached hydrogen (secondary N) is 1. The van der Waals surface area contributed by atoms with Crippen LogP contribution in [0.5, 0.6) is 0 Å². The maximum Gasteiger partial charge on any atom is 0.278 e. The second kappa shape index (κ2) is 7.11. The summed E-state index contributed by atoms with van der Waals surface area (Å²) >= 11 is 0. The van der Waals surface area contributed by atoms with Gasteiger partial charge in [-0.15, -0.1) is 0 Å². The number of nitrogens with zero attached hydrogens (tertiary/aromatic N) is 4. The third-order valence-electron chi connectivity index (χ3n) is 4.43. The lowest BCUT2D eigenvalue weighted by atomic mass is 10.2. The van der Waals surface area contributed by atoms with Crippen LogP contribution in [0.2, 0.25) is 0 Å². The lowest BCUT2D eigenvalue weighted by Gasteiger charge is -2.14. The number of carbonyl (C=O) groups excluding carboxylic acids is 1. The third kappa shape index (κ3) is 3.00. The molecule has 3 rings (SSSR count). The van der Waals surface area contributed by atoms with E-state index >= 15 is 0 Å². The summed E-state index contributed by atoms with van der Waals surface area (Å²) in [7, 11) is 0. The summed E-state index contributed by atoms with van der Waals surface area (Å²) in [6.07, 6.45) is 0.835. The van der Waals surface area contributed by atoms with Crippen LogP contribution in [-0.2, 0) is 4.79 Å². The summed E-state index contributed by atoms with van der Waals surface area (Å²) in [5.41, 5.74) is 2.49. The smallest absolute Gasteiger partial charge is 0.278 e. The van der Waals surface area contributed by atoms with Crippen LogP contribution in [0.1, 0.15) is 37.7 Å². The van der Waals surface area contributed by atoms with E-state index in [4.69, 9.17) is 0 Å². The molecule has 0 spiro atoms. The summed E-state index contributed by atoms with van der Waals surface area (Å²) in [4.78, 5) is 25.3. The quantitative estimate of drug-likeness (QED) is 0.763. The van der Waals surface area contributed by atoms with Gasteiger partial charge in [0, 0.05) is 6.54 Å². The number of amides is 1. The molecule has 0 aliphatic rings. The number of para-hydroxylation sites is 1. The van der Waals surface area contributed by atoms with E-state index in [9.17, 15) is 9.59 Å². The SMILES string of the molecule is CCCNC(=O)C(C)n1nc(C)c2nn(-c3ccccc3)c(C)c2c1=O. The number of rotatable bonds is 5. The van der Waals surface area contributed by atoms with Crippen molar-refractivity contribution in [2.24, 2.45) is 0 Å². The van der Waals surface area contributed by atoms with Crippen molar-refractivity contribution < 1.29 is 4.79 Å². The molecule has 0 aliphatic heterocycles. The lowest BCUT2D eigenvalue weighted by Crippen LogP contribution is -2.37. The second-order valence-electron chi connectivity index (χ2n) is 6.36. The number of benzene rings is 1. The summed E-state index contributed by atoms with van der Waals surface area (Å²) in [6.45, 7) is 7.89. The fourth-order valence-corrected chi connectivity index (χ4v) is 2.97. The molecule has 7 nitrogen and oxygen atoms in total. The van der Waals surface area contributed by atoms with Gasteiger partial charge in [0.15, 0.2) is 0 Å². The number of fused-ring (bicyclic) bond motifs is 1. The zero-order chi connectivity index (χ0) is 18.8. The van der Waals surface area contributed by atoms with Crippen molar-refractivity contribution in [2.45, 2.75) is 40.2 Å². The Balaban J connectivity index is 2.15. The molecule has 0 fully saturated rings. The van der Waals surface area contributed by atoms with E-state index < -0.39 is 6.04 Å². The van der Waals surface area contributed by atoms with Crippen LogP contribution < -0.4 is 10.9 Å². The molecule has 1 atom stereocenters. The molecule has 7 heteroatoms. The van der Waals surface area contributed by atoms with Crippen LogP contribution in [-0.4, -0.2) is 32.0 Å². The van der Waals surface area contributed by atoms with Crippen LogP contribution >= 0.6 is 0 Å². The molecule has 1 aromatic carbocycles. The molecule has 26 heavy (non-hydrogen) atoms. The Morgan fingerprint density at radius 2 is 1.88 bits per heavy atom. The Kier molecular flexibility index (Phi) is 4.88. The van der Waals surface area contributed by atoms with Crippen molar-refractivity contribution in [3.63, 3.8) is 0 Å². The highest BCUT2D eigenvalue weighted by atomic mass is 16.2. The van der Waals surface area contributed by atoms with Crippen molar-refractivity contribution in [1.29, 1.82) is 0 Å². The lowest BCUT2D eigenvalue weighted by molar-refractivity contribution is -0.124. The van der Waals surface area contributed by atoms with Crippen LogP contribution in [0, 0.1) is 13.8 Å². The topological polar surface area (TPSA) is 81.8 Å². The highest BCUT2D eigenvalue weighted by molar-refractivity contribution is 5.84. The number of hydrogen-bond donors (Lipinski definition) is 1. The molecule has 0 aliphatic carbocycles. The first-order valence-electron chi connectivity index (χ1n) is 8.77. The predicted octanol–water partition coefficient (Wildman–Crippen LogP) is 2.29. The Morgan fingerprint density at radius 1 is 1.19 bits per heavy atom. The highest BCUT2D eigenvalue weighted by Crippen LogP contribution is 2.20. The van der Waals surface area contributed by atoms with Gasteiger partial charge in [-0.25, -0.2) is 9.36 Å². The zero-order valence-corrected chi connectivity index (χ0v) is 15.5. The van der Waals surface area contributed by atoms with E-state index in [-0.39, 0.29) is 11.5 Å². The predicted molar refractivity (Wildman–Crippen MR) is 101 cm³/mol. The van der Waals surface area contributed by atoms with Crippen molar-refractivity contribution in [3.8, 4) is 5.69 Å². The maximum absolute atomic E-state index is 13.0. The van der Waals surface area contributed by atoms with E-state index in [1.165, 1.54) is 4.68 Å². The molecule has 0 saturated heterocycles. The van der Waals surface area contributed by atoms with E-state index in [1.807, 2.05) is 44.2 Å². The molecule has 0 saturated carbocycles. The molecule has 1 N–H and O–H groups in total. The number of aryl methyl sites for hydroxylation is 2. The van der Waals surface area contributed by atoms with Crippen molar-refractivity contribution in [2.75, 3.05) is 6.54 Å². The third-order valence-corrected chi connectivity index (χ3v) is 4.43. The molecular weight excluding hydrogens is 330 g/mol. The summed E-state index contributed by atoms with van der Waals surface area (Å²) < 4.78 is 3.00. The number of hydrogen-bond acceptors (Lipinski definition) is 4.